The molecule has 2 nitrogen and oxygen atoms in total. The first-order valence-electron chi connectivity index (χ1n) is 16.3. The molecule has 0 N–H and O–H groups in total. The van der Waals surface area contributed by atoms with E-state index in [4.69, 9.17) is 9.47 Å². The Hall–Kier alpha value is -2.10. The zero-order valence-electron chi connectivity index (χ0n) is 24.8. The molecule has 3 fully saturated rings. The molecular formula is C36H50F2O2. The Morgan fingerprint density at radius 1 is 0.600 bits per heavy atom. The molecule has 0 amide bonds. The molecule has 0 saturated heterocycles. The van der Waals surface area contributed by atoms with Crippen molar-refractivity contribution >= 4 is 0 Å². The Kier molecular flexibility index (Phi) is 10.4. The molecule has 5 rings (SSSR count). The Morgan fingerprint density at radius 2 is 1.15 bits per heavy atom. The van der Waals surface area contributed by atoms with Gasteiger partial charge >= 0.3 is 0 Å². The van der Waals surface area contributed by atoms with Gasteiger partial charge < -0.3 is 9.47 Å². The topological polar surface area (TPSA) is 18.5 Å². The molecule has 0 bridgehead atoms. The number of fused-ring (bicyclic) bond motifs is 1. The van der Waals surface area contributed by atoms with Crippen LogP contribution in [0.15, 0.2) is 36.4 Å². The molecule has 2 aromatic rings. The van der Waals surface area contributed by atoms with E-state index >= 15 is 0 Å². The molecular weight excluding hydrogens is 502 g/mol. The third kappa shape index (κ3) is 7.39. The van der Waals surface area contributed by atoms with E-state index in [1.54, 1.807) is 6.92 Å². The van der Waals surface area contributed by atoms with Crippen LogP contribution in [-0.2, 0) is 13.0 Å². The predicted molar refractivity (Wildman–Crippen MR) is 159 cm³/mol. The number of halogens is 2. The molecule has 0 aliphatic heterocycles. The van der Waals surface area contributed by atoms with Gasteiger partial charge in [0.15, 0.2) is 11.5 Å². The second-order valence-electron chi connectivity index (χ2n) is 13.1. The Morgan fingerprint density at radius 3 is 1.82 bits per heavy atom. The van der Waals surface area contributed by atoms with E-state index in [-0.39, 0.29) is 24.7 Å². The highest BCUT2D eigenvalue weighted by Crippen LogP contribution is 2.49. The first-order valence-corrected chi connectivity index (χ1v) is 16.3. The van der Waals surface area contributed by atoms with Gasteiger partial charge in [-0.2, -0.15) is 8.78 Å². The number of hydrogen-bond acceptors (Lipinski definition) is 2. The van der Waals surface area contributed by atoms with E-state index in [0.717, 1.165) is 47.5 Å². The van der Waals surface area contributed by atoms with Crippen LogP contribution in [0.1, 0.15) is 108 Å². The van der Waals surface area contributed by atoms with Crippen molar-refractivity contribution in [1.82, 2.24) is 0 Å². The number of aryl methyl sites for hydroxylation is 1. The van der Waals surface area contributed by atoms with Gasteiger partial charge in [-0.25, -0.2) is 0 Å². The van der Waals surface area contributed by atoms with E-state index in [1.807, 2.05) is 12.1 Å². The molecule has 4 atom stereocenters. The summed E-state index contributed by atoms with van der Waals surface area (Å²) >= 11 is 0. The maximum absolute atomic E-state index is 14.3. The largest absolute Gasteiger partial charge is 0.491 e. The monoisotopic (exact) mass is 552 g/mol. The second kappa shape index (κ2) is 14.2. The highest BCUT2D eigenvalue weighted by Gasteiger charge is 2.38. The van der Waals surface area contributed by atoms with Gasteiger partial charge in [-0.1, -0.05) is 63.3 Å². The van der Waals surface area contributed by atoms with Gasteiger partial charge in [-0.05, 0) is 123 Å². The van der Waals surface area contributed by atoms with Crippen LogP contribution in [0.2, 0.25) is 0 Å². The fourth-order valence-corrected chi connectivity index (χ4v) is 8.30. The molecule has 3 saturated carbocycles. The second-order valence-corrected chi connectivity index (χ2v) is 13.1. The van der Waals surface area contributed by atoms with Crippen molar-refractivity contribution in [2.75, 3.05) is 6.61 Å². The zero-order chi connectivity index (χ0) is 27.9. The van der Waals surface area contributed by atoms with E-state index < -0.39 is 11.6 Å². The Balaban J connectivity index is 1.01. The van der Waals surface area contributed by atoms with Crippen LogP contribution >= 0.6 is 0 Å². The van der Waals surface area contributed by atoms with Crippen molar-refractivity contribution in [2.45, 2.75) is 110 Å². The zero-order valence-corrected chi connectivity index (χ0v) is 24.8. The van der Waals surface area contributed by atoms with Crippen LogP contribution in [0.5, 0.6) is 11.5 Å². The fourth-order valence-electron chi connectivity index (χ4n) is 8.30. The molecule has 40 heavy (non-hydrogen) atoms. The van der Waals surface area contributed by atoms with E-state index in [2.05, 4.69) is 19.1 Å². The lowest BCUT2D eigenvalue weighted by atomic mass is 9.60. The van der Waals surface area contributed by atoms with Crippen molar-refractivity contribution < 1.29 is 18.3 Å². The van der Waals surface area contributed by atoms with E-state index in [1.165, 1.54) is 101 Å². The summed E-state index contributed by atoms with van der Waals surface area (Å²) in [7, 11) is 0. The minimum Gasteiger partial charge on any atom is -0.491 e. The van der Waals surface area contributed by atoms with Crippen molar-refractivity contribution in [1.29, 1.82) is 0 Å². The summed E-state index contributed by atoms with van der Waals surface area (Å²) in [6, 6.07) is 11.2. The molecule has 4 unspecified atom stereocenters. The van der Waals surface area contributed by atoms with Gasteiger partial charge in [-0.15, -0.1) is 0 Å². The van der Waals surface area contributed by atoms with E-state index in [0.29, 0.717) is 0 Å². The van der Waals surface area contributed by atoms with Crippen molar-refractivity contribution in [2.24, 2.45) is 35.5 Å². The standard InChI is InChI=1S/C36H50F2O2/c1-3-5-27-14-17-32-23-31(19-18-30(32)22-27)29-15-12-26(13-16-29)7-6-25-8-10-28(11-9-25)24-40-34-21-20-33(39-4-2)35(37)36(34)38/h8-11,20-21,26-27,29-32H,3-7,12-19,22-24H2,1-2H3. The normalized spacial score (nSPS) is 28.6. The molecule has 220 valence electrons. The van der Waals surface area contributed by atoms with Gasteiger partial charge in [0.25, 0.3) is 0 Å². The van der Waals surface area contributed by atoms with Crippen LogP contribution in [0.3, 0.4) is 0 Å². The van der Waals surface area contributed by atoms with Crippen LogP contribution < -0.4 is 9.47 Å². The third-order valence-electron chi connectivity index (χ3n) is 10.6. The minimum absolute atomic E-state index is 0.0859. The van der Waals surface area contributed by atoms with Gasteiger partial charge in [-0.3, -0.25) is 0 Å². The summed E-state index contributed by atoms with van der Waals surface area (Å²) in [4.78, 5) is 0. The van der Waals surface area contributed by atoms with E-state index in [9.17, 15) is 8.78 Å². The average molecular weight is 553 g/mol. The summed E-state index contributed by atoms with van der Waals surface area (Å²) < 4.78 is 39.0. The smallest absolute Gasteiger partial charge is 0.204 e. The Bertz CT molecular complexity index is 1060. The number of hydrogen-bond donors (Lipinski definition) is 0. The SMILES string of the molecule is CCCC1CCC2CC(C3CCC(CCc4ccc(COc5ccc(OCC)c(F)c5F)cc4)CC3)CCC2C1. The molecule has 4 heteroatoms. The minimum atomic E-state index is -1.00. The lowest BCUT2D eigenvalue weighted by Gasteiger charge is -2.45. The summed E-state index contributed by atoms with van der Waals surface area (Å²) in [6.07, 6.45) is 20.0. The average Bonchev–Trinajstić information content (AvgIpc) is 2.99. The predicted octanol–water partition coefficient (Wildman–Crippen LogP) is 10.3. The van der Waals surface area contributed by atoms with Crippen LogP contribution in [0.25, 0.3) is 0 Å². The van der Waals surface area contributed by atoms with Crippen molar-refractivity contribution in [3.63, 3.8) is 0 Å². The van der Waals surface area contributed by atoms with Crippen LogP contribution in [0, 0.1) is 47.1 Å². The Labute approximate surface area is 241 Å². The van der Waals surface area contributed by atoms with Gasteiger partial charge in [0.2, 0.25) is 11.6 Å². The number of benzene rings is 2. The first kappa shape index (κ1) is 29.4. The lowest BCUT2D eigenvalue weighted by Crippen LogP contribution is -2.34. The van der Waals surface area contributed by atoms with Crippen LogP contribution in [0.4, 0.5) is 8.78 Å². The highest BCUT2D eigenvalue weighted by molar-refractivity contribution is 5.35. The maximum Gasteiger partial charge on any atom is 0.204 e. The number of ether oxygens (including phenoxy) is 2. The summed E-state index contributed by atoms with van der Waals surface area (Å²) in [5, 5.41) is 0. The lowest BCUT2D eigenvalue weighted by molar-refractivity contribution is 0.0579. The fraction of sp³-hybridized carbons (Fsp3) is 0.667. The molecule has 3 aliphatic rings. The third-order valence-corrected chi connectivity index (χ3v) is 10.6. The molecule has 0 radical (unpaired) electrons. The van der Waals surface area contributed by atoms with Gasteiger partial charge in [0.1, 0.15) is 6.61 Å². The summed E-state index contributed by atoms with van der Waals surface area (Å²) in [5.41, 5.74) is 2.30. The molecule has 3 aliphatic carbocycles. The summed E-state index contributed by atoms with van der Waals surface area (Å²) in [6.45, 7) is 4.58. The van der Waals surface area contributed by atoms with Gasteiger partial charge in [0.05, 0.1) is 6.61 Å². The maximum atomic E-state index is 14.3. The summed E-state index contributed by atoms with van der Waals surface area (Å²) in [5.74, 6) is 3.79. The van der Waals surface area contributed by atoms with Crippen molar-refractivity contribution in [3.05, 3.63) is 59.2 Å². The quantitative estimate of drug-likeness (QED) is 0.276. The molecule has 0 aromatic heterocycles. The molecule has 0 spiro atoms. The van der Waals surface area contributed by atoms with Crippen LogP contribution in [-0.4, -0.2) is 6.61 Å². The first-order chi connectivity index (χ1) is 19.5. The van der Waals surface area contributed by atoms with Crippen molar-refractivity contribution in [3.8, 4) is 11.5 Å². The highest BCUT2D eigenvalue weighted by atomic mass is 19.2. The molecule has 2 aromatic carbocycles. The number of rotatable bonds is 11. The van der Waals surface area contributed by atoms with Gasteiger partial charge in [0, 0.05) is 0 Å². The molecule has 0 heterocycles.